The Labute approximate surface area is 282 Å². The number of anilines is 2. The van der Waals surface area contributed by atoms with E-state index in [0.717, 1.165) is 67.8 Å². The van der Waals surface area contributed by atoms with E-state index in [1.54, 1.807) is 11.0 Å². The summed E-state index contributed by atoms with van der Waals surface area (Å²) in [5, 5.41) is 6.92. The minimum Gasteiger partial charge on any atom is -0.436 e. The SMILES string of the molecule is CCc1cc(C[C@@H](OC(=O)N2CCC(N3CCc4ccccc4NC3=O)CC2)C(=O)N2CCN(C3CCNCC3)CC2)cc(Cl)c1N. The second kappa shape index (κ2) is 15.1. The third-order valence-corrected chi connectivity index (χ3v) is 10.7. The van der Waals surface area contributed by atoms with E-state index in [4.69, 9.17) is 22.1 Å². The number of fused-ring (bicyclic) bond motifs is 1. The second-order valence-electron chi connectivity index (χ2n) is 13.2. The van der Waals surface area contributed by atoms with Gasteiger partial charge in [-0.1, -0.05) is 42.8 Å². The average Bonchev–Trinajstić information content (AvgIpc) is 3.27. The number of aryl methyl sites for hydroxylation is 1. The summed E-state index contributed by atoms with van der Waals surface area (Å²) < 4.78 is 6.07. The highest BCUT2D eigenvalue weighted by molar-refractivity contribution is 6.33. The van der Waals surface area contributed by atoms with Gasteiger partial charge in [0, 0.05) is 70.0 Å². The molecule has 4 aliphatic rings. The number of nitrogens with zero attached hydrogens (tertiary/aromatic N) is 4. The molecular formula is C35H48ClN7O4. The van der Waals surface area contributed by atoms with Crippen molar-refractivity contribution < 1.29 is 19.1 Å². The van der Waals surface area contributed by atoms with Crippen LogP contribution in [0.4, 0.5) is 21.0 Å². The van der Waals surface area contributed by atoms with Gasteiger partial charge in [0.1, 0.15) is 0 Å². The van der Waals surface area contributed by atoms with Gasteiger partial charge in [0.05, 0.1) is 10.7 Å². The van der Waals surface area contributed by atoms with Crippen LogP contribution >= 0.6 is 11.6 Å². The molecule has 1 atom stereocenters. The summed E-state index contributed by atoms with van der Waals surface area (Å²) in [5.74, 6) is -0.176. The van der Waals surface area contributed by atoms with Crippen LogP contribution in [0.1, 0.15) is 49.3 Å². The minimum absolute atomic E-state index is 0.0198. The van der Waals surface area contributed by atoms with Crippen LogP contribution in [0.25, 0.3) is 0 Å². The molecule has 0 radical (unpaired) electrons. The van der Waals surface area contributed by atoms with Crippen molar-refractivity contribution in [2.45, 2.75) is 70.1 Å². The Morgan fingerprint density at radius 3 is 2.40 bits per heavy atom. The lowest BCUT2D eigenvalue weighted by Crippen LogP contribution is -2.56. The van der Waals surface area contributed by atoms with Gasteiger partial charge in [-0.05, 0) is 80.4 Å². The zero-order valence-electron chi connectivity index (χ0n) is 27.4. The summed E-state index contributed by atoms with van der Waals surface area (Å²) in [7, 11) is 0. The number of benzene rings is 2. The van der Waals surface area contributed by atoms with Crippen molar-refractivity contribution in [1.82, 2.24) is 24.9 Å². The first kappa shape index (κ1) is 33.4. The fourth-order valence-corrected chi connectivity index (χ4v) is 7.78. The minimum atomic E-state index is -0.982. The fraction of sp³-hybridized carbons (Fsp3) is 0.571. The van der Waals surface area contributed by atoms with Crippen molar-refractivity contribution in [3.63, 3.8) is 0 Å². The number of nitrogen functional groups attached to an aromatic ring is 1. The molecule has 6 rings (SSSR count). The standard InChI is InChI=1S/C35H48ClN7O4/c1-2-25-21-24(22-29(36)32(25)37)23-31(33(44)41-19-17-40(18-20-41)27-7-12-38-13-8-27)47-35(46)42-14-10-28(11-15-42)43-16-9-26-5-3-4-6-30(26)39-34(43)45/h3-6,21-22,27-28,31,38H,2,7-20,23,37H2,1H3,(H,39,45)/t31-/m1/s1. The van der Waals surface area contributed by atoms with E-state index in [1.165, 1.54) is 0 Å². The molecule has 0 unspecified atom stereocenters. The molecule has 0 saturated carbocycles. The Morgan fingerprint density at radius 2 is 1.68 bits per heavy atom. The largest absolute Gasteiger partial charge is 0.436 e. The highest BCUT2D eigenvalue weighted by Crippen LogP contribution is 2.28. The van der Waals surface area contributed by atoms with Gasteiger partial charge < -0.3 is 35.8 Å². The van der Waals surface area contributed by atoms with Crippen molar-refractivity contribution in [1.29, 1.82) is 0 Å². The summed E-state index contributed by atoms with van der Waals surface area (Å²) in [4.78, 5) is 48.6. The maximum Gasteiger partial charge on any atom is 0.410 e. The van der Waals surface area contributed by atoms with Crippen molar-refractivity contribution >= 4 is 41.0 Å². The van der Waals surface area contributed by atoms with Gasteiger partial charge in [-0.15, -0.1) is 0 Å². The molecule has 0 bridgehead atoms. The number of likely N-dealkylation sites (tertiary alicyclic amines) is 1. The predicted octanol–water partition coefficient (Wildman–Crippen LogP) is 3.98. The molecule has 2 aromatic rings. The van der Waals surface area contributed by atoms with Gasteiger partial charge in [0.15, 0.2) is 6.10 Å². The molecule has 254 valence electrons. The number of piperazine rings is 1. The average molecular weight is 666 g/mol. The lowest BCUT2D eigenvalue weighted by molar-refractivity contribution is -0.143. The first-order chi connectivity index (χ1) is 22.8. The van der Waals surface area contributed by atoms with Crippen molar-refractivity contribution in [3.8, 4) is 0 Å². The molecule has 3 saturated heterocycles. The first-order valence-corrected chi connectivity index (χ1v) is 17.6. The molecule has 4 N–H and O–H groups in total. The highest BCUT2D eigenvalue weighted by Gasteiger charge is 2.36. The van der Waals surface area contributed by atoms with Crippen LogP contribution < -0.4 is 16.4 Å². The summed E-state index contributed by atoms with van der Waals surface area (Å²) in [6, 6.07) is 12.1. The number of carbonyl (C=O) groups excluding carboxylic acids is 3. The normalized spacial score (nSPS) is 20.7. The lowest BCUT2D eigenvalue weighted by Gasteiger charge is -2.41. The zero-order chi connectivity index (χ0) is 32.9. The van der Waals surface area contributed by atoms with Crippen LogP contribution in [0.15, 0.2) is 36.4 Å². The van der Waals surface area contributed by atoms with E-state index in [9.17, 15) is 14.4 Å². The van der Waals surface area contributed by atoms with E-state index in [0.29, 0.717) is 68.7 Å². The van der Waals surface area contributed by atoms with E-state index in [-0.39, 0.29) is 24.4 Å². The van der Waals surface area contributed by atoms with Crippen LogP contribution in [0.2, 0.25) is 5.02 Å². The molecule has 0 aromatic heterocycles. The number of para-hydroxylation sites is 1. The van der Waals surface area contributed by atoms with Crippen molar-refractivity contribution in [2.24, 2.45) is 0 Å². The summed E-state index contributed by atoms with van der Waals surface area (Å²) in [5.41, 5.74) is 10.4. The molecule has 4 heterocycles. The number of rotatable bonds is 7. The van der Waals surface area contributed by atoms with Crippen LogP contribution in [-0.2, 0) is 28.8 Å². The quantitative estimate of drug-likeness (QED) is 0.383. The molecule has 47 heavy (non-hydrogen) atoms. The first-order valence-electron chi connectivity index (χ1n) is 17.2. The molecule has 12 heteroatoms. The maximum atomic E-state index is 14.0. The number of carbonyl (C=O) groups is 3. The number of hydrogen-bond acceptors (Lipinski definition) is 7. The smallest absolute Gasteiger partial charge is 0.410 e. The van der Waals surface area contributed by atoms with Crippen LogP contribution in [0.5, 0.6) is 0 Å². The number of ether oxygens (including phenoxy) is 1. The summed E-state index contributed by atoms with van der Waals surface area (Å²) in [6.07, 6.45) is 3.75. The zero-order valence-corrected chi connectivity index (χ0v) is 28.1. The van der Waals surface area contributed by atoms with Gasteiger partial charge in [-0.2, -0.15) is 0 Å². The third-order valence-electron chi connectivity index (χ3n) is 10.4. The van der Waals surface area contributed by atoms with Crippen molar-refractivity contribution in [3.05, 3.63) is 58.1 Å². The number of halogens is 1. The van der Waals surface area contributed by atoms with Gasteiger partial charge in [0.25, 0.3) is 5.91 Å². The van der Waals surface area contributed by atoms with Crippen LogP contribution in [0.3, 0.4) is 0 Å². The van der Waals surface area contributed by atoms with Gasteiger partial charge in [-0.3, -0.25) is 9.69 Å². The molecule has 4 aliphatic heterocycles. The summed E-state index contributed by atoms with van der Waals surface area (Å²) >= 11 is 6.47. The number of piperidine rings is 2. The molecule has 0 aliphatic carbocycles. The number of hydrogen-bond donors (Lipinski definition) is 3. The topological polar surface area (TPSA) is 123 Å². The van der Waals surface area contributed by atoms with Gasteiger partial charge in [0.2, 0.25) is 0 Å². The van der Waals surface area contributed by atoms with Gasteiger partial charge >= 0.3 is 12.1 Å². The Balaban J connectivity index is 1.10. The number of urea groups is 1. The molecule has 11 nitrogen and oxygen atoms in total. The lowest BCUT2D eigenvalue weighted by atomic mass is 10.0. The Morgan fingerprint density at radius 1 is 0.957 bits per heavy atom. The van der Waals surface area contributed by atoms with Gasteiger partial charge in [-0.25, -0.2) is 9.59 Å². The van der Waals surface area contributed by atoms with Crippen molar-refractivity contribution in [2.75, 3.05) is 70.0 Å². The Hall–Kier alpha value is -3.54. The third kappa shape index (κ3) is 7.79. The maximum absolute atomic E-state index is 14.0. The number of nitrogens with one attached hydrogen (secondary N) is 2. The van der Waals surface area contributed by atoms with E-state index >= 15 is 0 Å². The van der Waals surface area contributed by atoms with E-state index < -0.39 is 12.2 Å². The second-order valence-corrected chi connectivity index (χ2v) is 13.6. The predicted molar refractivity (Wildman–Crippen MR) is 184 cm³/mol. The van der Waals surface area contributed by atoms with E-state index in [1.807, 2.05) is 47.1 Å². The number of amides is 4. The fourth-order valence-electron chi connectivity index (χ4n) is 7.52. The molecule has 2 aromatic carbocycles. The van der Waals surface area contributed by atoms with Crippen LogP contribution in [0, 0.1) is 0 Å². The number of nitrogens with two attached hydrogens (primary N) is 1. The highest BCUT2D eigenvalue weighted by atomic mass is 35.5. The molecule has 0 spiro atoms. The molecule has 4 amide bonds. The Bertz CT molecular complexity index is 1440. The summed E-state index contributed by atoms with van der Waals surface area (Å²) in [6.45, 7) is 8.43. The molecule has 3 fully saturated rings. The molecular weight excluding hydrogens is 618 g/mol. The van der Waals surface area contributed by atoms with E-state index in [2.05, 4.69) is 15.5 Å². The van der Waals surface area contributed by atoms with Crippen LogP contribution in [-0.4, -0.2) is 115 Å². The Kier molecular flexibility index (Phi) is 10.7. The monoisotopic (exact) mass is 665 g/mol.